The third-order valence-electron chi connectivity index (χ3n) is 5.60. The number of halogens is 5. The van der Waals surface area contributed by atoms with Crippen LogP contribution in [0.1, 0.15) is 46.3 Å². The topological polar surface area (TPSA) is 46.2 Å². The summed E-state index contributed by atoms with van der Waals surface area (Å²) in [4.78, 5) is 0. The SMILES string of the molecule is CC(Oc1ccc(B2OC(C)(C)C(C)(C)O2)cc1OC(F)(F)F)c1ccc(OC(F)F)cc1. The second-order valence-corrected chi connectivity index (χ2v) is 8.55. The molecule has 0 bridgehead atoms. The zero-order chi connectivity index (χ0) is 24.6. The highest BCUT2D eigenvalue weighted by atomic mass is 19.4. The summed E-state index contributed by atoms with van der Waals surface area (Å²) in [5, 5.41) is 0. The van der Waals surface area contributed by atoms with Gasteiger partial charge in [-0.25, -0.2) is 0 Å². The van der Waals surface area contributed by atoms with E-state index in [1.165, 1.54) is 36.4 Å². The van der Waals surface area contributed by atoms with Crippen molar-refractivity contribution in [3.63, 3.8) is 0 Å². The first kappa shape index (κ1) is 25.1. The maximum Gasteiger partial charge on any atom is 0.573 e. The summed E-state index contributed by atoms with van der Waals surface area (Å²) in [6, 6.07) is 9.62. The molecule has 180 valence electrons. The highest BCUT2D eigenvalue weighted by Gasteiger charge is 2.52. The maximum atomic E-state index is 13.1. The Kier molecular flexibility index (Phi) is 6.86. The molecule has 0 saturated carbocycles. The van der Waals surface area contributed by atoms with E-state index < -0.39 is 43.1 Å². The molecule has 2 aromatic carbocycles. The average molecular weight is 474 g/mol. The first-order valence-electron chi connectivity index (χ1n) is 10.1. The molecular formula is C22H24BF5O5. The fourth-order valence-electron chi connectivity index (χ4n) is 3.13. The van der Waals surface area contributed by atoms with Crippen LogP contribution in [0.4, 0.5) is 22.0 Å². The Labute approximate surface area is 188 Å². The second-order valence-electron chi connectivity index (χ2n) is 8.55. The van der Waals surface area contributed by atoms with Crippen molar-refractivity contribution in [3.05, 3.63) is 48.0 Å². The van der Waals surface area contributed by atoms with Crippen molar-refractivity contribution in [1.29, 1.82) is 0 Å². The molecule has 1 atom stereocenters. The first-order valence-corrected chi connectivity index (χ1v) is 10.1. The van der Waals surface area contributed by atoms with Crippen molar-refractivity contribution >= 4 is 12.6 Å². The predicted octanol–water partition coefficient (Wildman–Crippen LogP) is 5.63. The molecule has 0 radical (unpaired) electrons. The minimum atomic E-state index is -4.95. The van der Waals surface area contributed by atoms with Crippen LogP contribution in [-0.4, -0.2) is 31.3 Å². The van der Waals surface area contributed by atoms with Gasteiger partial charge in [-0.05, 0) is 69.9 Å². The van der Waals surface area contributed by atoms with E-state index in [9.17, 15) is 22.0 Å². The quantitative estimate of drug-likeness (QED) is 0.385. The van der Waals surface area contributed by atoms with Gasteiger partial charge in [0.2, 0.25) is 0 Å². The molecule has 1 unspecified atom stereocenters. The van der Waals surface area contributed by atoms with Crippen LogP contribution in [0, 0.1) is 0 Å². The molecule has 3 rings (SSSR count). The van der Waals surface area contributed by atoms with E-state index in [4.69, 9.17) is 14.0 Å². The molecule has 0 aliphatic carbocycles. The number of ether oxygens (including phenoxy) is 3. The Hall–Kier alpha value is -2.53. The monoisotopic (exact) mass is 474 g/mol. The highest BCUT2D eigenvalue weighted by Crippen LogP contribution is 2.38. The van der Waals surface area contributed by atoms with Gasteiger partial charge in [0.05, 0.1) is 11.2 Å². The van der Waals surface area contributed by atoms with Gasteiger partial charge >= 0.3 is 20.1 Å². The van der Waals surface area contributed by atoms with Crippen LogP contribution in [0.2, 0.25) is 0 Å². The van der Waals surface area contributed by atoms with E-state index in [2.05, 4.69) is 9.47 Å². The lowest BCUT2D eigenvalue weighted by atomic mass is 9.79. The standard InChI is InChI=1S/C22H24BF5O5/c1-13(14-6-9-16(10-7-14)30-19(24)25)29-17-11-8-15(12-18(17)31-22(26,27)28)23-32-20(2,3)21(4,5)33-23/h6-13,19H,1-5H3. The zero-order valence-electron chi connectivity index (χ0n) is 18.7. The van der Waals surface area contributed by atoms with Crippen LogP contribution in [0.15, 0.2) is 42.5 Å². The van der Waals surface area contributed by atoms with Gasteiger partial charge in [-0.15, -0.1) is 13.2 Å². The third kappa shape index (κ3) is 6.08. The molecule has 1 fully saturated rings. The summed E-state index contributed by atoms with van der Waals surface area (Å²) in [5.41, 5.74) is -0.481. The van der Waals surface area contributed by atoms with E-state index in [-0.39, 0.29) is 11.5 Å². The molecule has 33 heavy (non-hydrogen) atoms. The Morgan fingerprint density at radius 2 is 1.42 bits per heavy atom. The fraction of sp³-hybridized carbons (Fsp3) is 0.455. The van der Waals surface area contributed by atoms with Gasteiger partial charge in [0.1, 0.15) is 11.9 Å². The van der Waals surface area contributed by atoms with E-state index >= 15 is 0 Å². The predicted molar refractivity (Wildman–Crippen MR) is 111 cm³/mol. The minimum absolute atomic E-state index is 0.0474. The molecule has 0 amide bonds. The smallest absolute Gasteiger partial charge is 0.482 e. The van der Waals surface area contributed by atoms with Crippen molar-refractivity contribution in [1.82, 2.24) is 0 Å². The molecule has 1 aliphatic rings. The first-order chi connectivity index (χ1) is 15.2. The van der Waals surface area contributed by atoms with Crippen molar-refractivity contribution in [3.8, 4) is 17.2 Å². The van der Waals surface area contributed by atoms with Gasteiger partial charge in [0, 0.05) is 0 Å². The van der Waals surface area contributed by atoms with Gasteiger partial charge in [-0.2, -0.15) is 8.78 Å². The van der Waals surface area contributed by atoms with Crippen LogP contribution in [-0.2, 0) is 9.31 Å². The molecule has 1 heterocycles. The number of hydrogen-bond donors (Lipinski definition) is 0. The van der Waals surface area contributed by atoms with E-state index in [1.807, 2.05) is 27.7 Å². The average Bonchev–Trinajstić information content (AvgIpc) is 2.89. The Balaban J connectivity index is 1.84. The summed E-state index contributed by atoms with van der Waals surface area (Å²) in [6.07, 6.45) is -5.67. The molecule has 0 N–H and O–H groups in total. The van der Waals surface area contributed by atoms with Crippen LogP contribution in [0.25, 0.3) is 0 Å². The summed E-state index contributed by atoms with van der Waals surface area (Å²) in [5.74, 6) is -0.763. The van der Waals surface area contributed by atoms with Gasteiger partial charge in [0.25, 0.3) is 0 Å². The van der Waals surface area contributed by atoms with Gasteiger partial charge in [0.15, 0.2) is 11.5 Å². The van der Waals surface area contributed by atoms with Crippen molar-refractivity contribution in [2.45, 2.75) is 64.9 Å². The molecule has 0 spiro atoms. The summed E-state index contributed by atoms with van der Waals surface area (Å²) < 4.78 is 89.8. The van der Waals surface area contributed by atoms with Crippen LogP contribution < -0.4 is 19.7 Å². The Morgan fingerprint density at radius 1 is 0.848 bits per heavy atom. The van der Waals surface area contributed by atoms with Crippen molar-refractivity contribution in [2.75, 3.05) is 0 Å². The summed E-state index contributed by atoms with van der Waals surface area (Å²) >= 11 is 0. The van der Waals surface area contributed by atoms with E-state index in [0.717, 1.165) is 6.07 Å². The molecule has 1 saturated heterocycles. The highest BCUT2D eigenvalue weighted by molar-refractivity contribution is 6.62. The zero-order valence-corrected chi connectivity index (χ0v) is 18.7. The molecule has 5 nitrogen and oxygen atoms in total. The second kappa shape index (κ2) is 9.02. The number of alkyl halides is 5. The third-order valence-corrected chi connectivity index (χ3v) is 5.60. The lowest BCUT2D eigenvalue weighted by molar-refractivity contribution is -0.275. The molecule has 0 aromatic heterocycles. The van der Waals surface area contributed by atoms with Crippen LogP contribution in [0.5, 0.6) is 17.2 Å². The van der Waals surface area contributed by atoms with Gasteiger partial charge < -0.3 is 23.5 Å². The fourth-order valence-corrected chi connectivity index (χ4v) is 3.13. The van der Waals surface area contributed by atoms with Crippen LogP contribution >= 0.6 is 0 Å². The number of hydrogen-bond acceptors (Lipinski definition) is 5. The lowest BCUT2D eigenvalue weighted by Gasteiger charge is -2.32. The van der Waals surface area contributed by atoms with Gasteiger partial charge in [-0.3, -0.25) is 0 Å². The molecular weight excluding hydrogens is 450 g/mol. The Morgan fingerprint density at radius 3 is 1.94 bits per heavy atom. The lowest BCUT2D eigenvalue weighted by Crippen LogP contribution is -2.41. The van der Waals surface area contributed by atoms with Crippen molar-refractivity contribution in [2.24, 2.45) is 0 Å². The Bertz CT molecular complexity index is 947. The summed E-state index contributed by atoms with van der Waals surface area (Å²) in [7, 11) is -0.889. The van der Waals surface area contributed by atoms with Crippen molar-refractivity contribution < 1.29 is 45.5 Å². The minimum Gasteiger partial charge on any atom is -0.482 e. The van der Waals surface area contributed by atoms with E-state index in [1.54, 1.807) is 6.92 Å². The van der Waals surface area contributed by atoms with E-state index in [0.29, 0.717) is 11.0 Å². The van der Waals surface area contributed by atoms with Crippen LogP contribution in [0.3, 0.4) is 0 Å². The normalized spacial score (nSPS) is 18.3. The molecule has 2 aromatic rings. The largest absolute Gasteiger partial charge is 0.573 e. The number of rotatable bonds is 7. The molecule has 1 aliphatic heterocycles. The maximum absolute atomic E-state index is 13.1. The molecule has 11 heteroatoms. The number of benzene rings is 2. The summed E-state index contributed by atoms with van der Waals surface area (Å²) in [6.45, 7) is 5.96. The van der Waals surface area contributed by atoms with Gasteiger partial charge in [-0.1, -0.05) is 18.2 Å².